The minimum atomic E-state index is -0.434. The summed E-state index contributed by atoms with van der Waals surface area (Å²) in [5.41, 5.74) is 2.59. The molecule has 174 valence electrons. The van der Waals surface area contributed by atoms with E-state index >= 15 is 0 Å². The molecule has 2 amide bonds. The Hall–Kier alpha value is -4.26. The second-order valence-corrected chi connectivity index (χ2v) is 7.78. The summed E-state index contributed by atoms with van der Waals surface area (Å²) in [4.78, 5) is 30.6. The Kier molecular flexibility index (Phi) is 6.54. The largest absolute Gasteiger partial charge is 0.497 e. The zero-order valence-corrected chi connectivity index (χ0v) is 19.6. The highest BCUT2D eigenvalue weighted by atomic mass is 16.5. The second-order valence-electron chi connectivity index (χ2n) is 7.78. The number of imide groups is 1. The number of rotatable bonds is 8. The summed E-state index contributed by atoms with van der Waals surface area (Å²) in [5.74, 6) is 0.695. The molecule has 0 unspecified atom stereocenters. The van der Waals surface area contributed by atoms with Gasteiger partial charge in [0.15, 0.2) is 0 Å². The molecule has 0 fully saturated rings. The number of methoxy groups -OCH3 is 3. The van der Waals surface area contributed by atoms with Crippen LogP contribution in [0.25, 0.3) is 5.57 Å². The van der Waals surface area contributed by atoms with Crippen molar-refractivity contribution in [3.8, 4) is 17.2 Å². The predicted molar refractivity (Wildman–Crippen MR) is 130 cm³/mol. The summed E-state index contributed by atoms with van der Waals surface area (Å²) in [6, 6.07) is 21.9. The Balaban J connectivity index is 1.83. The van der Waals surface area contributed by atoms with Crippen LogP contribution in [0.1, 0.15) is 11.1 Å². The number of anilines is 1. The number of hydrogen-bond acceptors (Lipinski definition) is 6. The molecule has 0 aliphatic carbocycles. The normalized spacial score (nSPS) is 13.4. The Bertz CT molecular complexity index is 1240. The summed E-state index contributed by atoms with van der Waals surface area (Å²) < 4.78 is 16.1. The van der Waals surface area contributed by atoms with E-state index in [1.165, 1.54) is 14.2 Å². The molecule has 1 aliphatic heterocycles. The minimum Gasteiger partial charge on any atom is -0.497 e. The van der Waals surface area contributed by atoms with E-state index < -0.39 is 11.8 Å². The van der Waals surface area contributed by atoms with Crippen LogP contribution < -0.4 is 19.1 Å². The first kappa shape index (κ1) is 22.9. The molecule has 1 aliphatic rings. The molecule has 7 heteroatoms. The van der Waals surface area contributed by atoms with Crippen molar-refractivity contribution in [2.75, 3.05) is 33.3 Å². The molecule has 0 saturated heterocycles. The van der Waals surface area contributed by atoms with Crippen LogP contribution in [0.2, 0.25) is 0 Å². The van der Waals surface area contributed by atoms with Gasteiger partial charge in [0.1, 0.15) is 22.9 Å². The number of ether oxygens (including phenoxy) is 3. The SMILES string of the molecule is COc1ccc(C2=C(N(C)Cc3ccccc3)C(=O)N(c3cc(OC)ccc3OC)C2=O)cc1. The van der Waals surface area contributed by atoms with Gasteiger partial charge in [-0.1, -0.05) is 42.5 Å². The van der Waals surface area contributed by atoms with Gasteiger partial charge < -0.3 is 19.1 Å². The van der Waals surface area contributed by atoms with E-state index in [9.17, 15) is 9.59 Å². The van der Waals surface area contributed by atoms with Crippen LogP contribution in [0.15, 0.2) is 78.5 Å². The third kappa shape index (κ3) is 4.20. The van der Waals surface area contributed by atoms with E-state index in [1.54, 1.807) is 49.6 Å². The van der Waals surface area contributed by atoms with Crippen molar-refractivity contribution < 1.29 is 23.8 Å². The molecule has 0 saturated carbocycles. The fourth-order valence-electron chi connectivity index (χ4n) is 4.02. The molecule has 0 atom stereocenters. The maximum absolute atomic E-state index is 13.8. The van der Waals surface area contributed by atoms with Gasteiger partial charge >= 0.3 is 0 Å². The maximum Gasteiger partial charge on any atom is 0.282 e. The van der Waals surface area contributed by atoms with Gasteiger partial charge in [0.05, 0.1) is 32.6 Å². The Morgan fingerprint density at radius 1 is 0.765 bits per heavy atom. The van der Waals surface area contributed by atoms with Gasteiger partial charge in [-0.2, -0.15) is 0 Å². The molecule has 0 spiro atoms. The van der Waals surface area contributed by atoms with Crippen molar-refractivity contribution >= 4 is 23.1 Å². The highest BCUT2D eigenvalue weighted by molar-refractivity contribution is 6.45. The number of benzene rings is 3. The highest BCUT2D eigenvalue weighted by Gasteiger charge is 2.43. The van der Waals surface area contributed by atoms with Crippen molar-refractivity contribution in [3.05, 3.63) is 89.6 Å². The van der Waals surface area contributed by atoms with E-state index in [4.69, 9.17) is 14.2 Å². The molecule has 34 heavy (non-hydrogen) atoms. The van der Waals surface area contributed by atoms with Crippen molar-refractivity contribution in [2.24, 2.45) is 0 Å². The zero-order valence-electron chi connectivity index (χ0n) is 19.6. The van der Waals surface area contributed by atoms with Crippen LogP contribution in [-0.2, 0) is 16.1 Å². The second kappa shape index (κ2) is 9.70. The fraction of sp³-hybridized carbons (Fsp3) is 0.185. The van der Waals surface area contributed by atoms with E-state index in [2.05, 4.69) is 0 Å². The van der Waals surface area contributed by atoms with Gasteiger partial charge in [-0.3, -0.25) is 9.59 Å². The molecule has 0 radical (unpaired) electrons. The summed E-state index contributed by atoms with van der Waals surface area (Å²) in [6.07, 6.45) is 0. The molecule has 7 nitrogen and oxygen atoms in total. The smallest absolute Gasteiger partial charge is 0.282 e. The van der Waals surface area contributed by atoms with Gasteiger partial charge in [0.25, 0.3) is 11.8 Å². The van der Waals surface area contributed by atoms with Crippen LogP contribution in [0.4, 0.5) is 5.69 Å². The average Bonchev–Trinajstić information content (AvgIpc) is 3.13. The van der Waals surface area contributed by atoms with Gasteiger partial charge in [-0.15, -0.1) is 0 Å². The lowest BCUT2D eigenvalue weighted by atomic mass is 10.0. The van der Waals surface area contributed by atoms with Crippen LogP contribution in [-0.4, -0.2) is 45.1 Å². The maximum atomic E-state index is 13.8. The first-order valence-corrected chi connectivity index (χ1v) is 10.7. The lowest BCUT2D eigenvalue weighted by Gasteiger charge is -2.22. The van der Waals surface area contributed by atoms with E-state index in [0.717, 1.165) is 10.5 Å². The van der Waals surface area contributed by atoms with E-state index in [1.807, 2.05) is 42.3 Å². The van der Waals surface area contributed by atoms with Crippen LogP contribution in [0.3, 0.4) is 0 Å². The lowest BCUT2D eigenvalue weighted by molar-refractivity contribution is -0.120. The van der Waals surface area contributed by atoms with E-state index in [0.29, 0.717) is 46.3 Å². The Morgan fingerprint density at radius 3 is 2.03 bits per heavy atom. The first-order chi connectivity index (χ1) is 16.5. The molecule has 4 rings (SSSR count). The molecule has 0 N–H and O–H groups in total. The van der Waals surface area contributed by atoms with E-state index in [-0.39, 0.29) is 0 Å². The van der Waals surface area contributed by atoms with Gasteiger partial charge in [-0.05, 0) is 35.4 Å². The highest BCUT2D eigenvalue weighted by Crippen LogP contribution is 2.40. The van der Waals surface area contributed by atoms with Crippen molar-refractivity contribution in [3.63, 3.8) is 0 Å². The molecule has 0 bridgehead atoms. The topological polar surface area (TPSA) is 68.3 Å². The number of likely N-dealkylation sites (N-methyl/N-ethyl adjacent to an activating group) is 1. The molecular weight excluding hydrogens is 432 g/mol. The van der Waals surface area contributed by atoms with Gasteiger partial charge in [0.2, 0.25) is 0 Å². The molecule has 3 aromatic rings. The lowest BCUT2D eigenvalue weighted by Crippen LogP contribution is -2.34. The predicted octanol–water partition coefficient (Wildman–Crippen LogP) is 4.13. The first-order valence-electron chi connectivity index (χ1n) is 10.7. The number of carbonyl (C=O) groups is 2. The standard InChI is InChI=1S/C27H26N2O5/c1-28(17-18-8-6-5-7-9-18)25-24(19-10-12-20(32-2)13-11-19)26(30)29(27(25)31)22-16-21(33-3)14-15-23(22)34-4/h5-16H,17H2,1-4H3. The Morgan fingerprint density at radius 2 is 1.41 bits per heavy atom. The van der Waals surface area contributed by atoms with Crippen molar-refractivity contribution in [2.45, 2.75) is 6.54 Å². The quantitative estimate of drug-likeness (QED) is 0.473. The molecule has 0 aromatic heterocycles. The van der Waals surface area contributed by atoms with Crippen molar-refractivity contribution in [1.29, 1.82) is 0 Å². The van der Waals surface area contributed by atoms with Gasteiger partial charge in [0, 0.05) is 19.7 Å². The molecule has 3 aromatic carbocycles. The number of amides is 2. The third-order valence-electron chi connectivity index (χ3n) is 5.71. The number of hydrogen-bond donors (Lipinski definition) is 0. The summed E-state index contributed by atoms with van der Waals surface area (Å²) >= 11 is 0. The molecule has 1 heterocycles. The number of carbonyl (C=O) groups excluding carboxylic acids is 2. The summed E-state index contributed by atoms with van der Waals surface area (Å²) in [5, 5.41) is 0. The third-order valence-corrected chi connectivity index (χ3v) is 5.71. The van der Waals surface area contributed by atoms with Crippen LogP contribution in [0, 0.1) is 0 Å². The average molecular weight is 459 g/mol. The summed E-state index contributed by atoms with van der Waals surface area (Å²) in [6.45, 7) is 0.456. The minimum absolute atomic E-state index is 0.309. The monoisotopic (exact) mass is 458 g/mol. The number of nitrogens with zero attached hydrogens (tertiary/aromatic N) is 2. The van der Waals surface area contributed by atoms with Crippen LogP contribution in [0.5, 0.6) is 17.2 Å². The Labute approximate surface area is 198 Å². The fourth-order valence-corrected chi connectivity index (χ4v) is 4.02. The van der Waals surface area contributed by atoms with Crippen molar-refractivity contribution in [1.82, 2.24) is 4.90 Å². The van der Waals surface area contributed by atoms with Crippen LogP contribution >= 0.6 is 0 Å². The molecular formula is C27H26N2O5. The summed E-state index contributed by atoms with van der Waals surface area (Å²) in [7, 11) is 6.41. The zero-order chi connectivity index (χ0) is 24.2. The van der Waals surface area contributed by atoms with Gasteiger partial charge in [-0.25, -0.2) is 4.90 Å².